The van der Waals surface area contributed by atoms with Crippen LogP contribution < -0.4 is 19.1 Å². The van der Waals surface area contributed by atoms with E-state index in [1.54, 1.807) is 24.3 Å². The van der Waals surface area contributed by atoms with Gasteiger partial charge in [0, 0.05) is 30.0 Å². The standard InChI is InChI=1S/C37H42BrN3O6S/c1-26(2)23-39-37(43)33(21-28-10-7-6-8-11-28)40(24-29-12-9-13-30(38)20-29)36(42)25-41(31-16-14-27(3)15-17-31)48(44,45)32-18-19-34(46-4)35(22-32)47-5/h6-20,22,26,33H,21,23-25H2,1-5H3,(H,39,43)/t33-/m1/s1. The second kappa shape index (κ2) is 16.7. The van der Waals surface area contributed by atoms with Crippen LogP contribution in [0.2, 0.25) is 0 Å². The number of nitrogens with zero attached hydrogens (tertiary/aromatic N) is 2. The first kappa shape index (κ1) is 36.5. The van der Waals surface area contributed by atoms with Crippen molar-refractivity contribution >= 4 is 43.5 Å². The molecule has 4 rings (SSSR count). The number of benzene rings is 4. The Kier molecular flexibility index (Phi) is 12.7. The third-order valence-corrected chi connectivity index (χ3v) is 10.0. The number of nitrogens with one attached hydrogen (secondary N) is 1. The van der Waals surface area contributed by atoms with Gasteiger partial charge in [-0.3, -0.25) is 13.9 Å². The highest BCUT2D eigenvalue weighted by Gasteiger charge is 2.35. The summed E-state index contributed by atoms with van der Waals surface area (Å²) in [5, 5.41) is 3.01. The molecule has 4 aromatic rings. The molecule has 0 radical (unpaired) electrons. The van der Waals surface area contributed by atoms with Gasteiger partial charge < -0.3 is 19.7 Å². The van der Waals surface area contributed by atoms with Gasteiger partial charge in [0.05, 0.1) is 24.8 Å². The molecule has 0 saturated carbocycles. The van der Waals surface area contributed by atoms with Gasteiger partial charge in [-0.25, -0.2) is 8.42 Å². The minimum absolute atomic E-state index is 0.0724. The lowest BCUT2D eigenvalue weighted by Gasteiger charge is -2.34. The third-order valence-electron chi connectivity index (χ3n) is 7.74. The maximum absolute atomic E-state index is 14.6. The first-order chi connectivity index (χ1) is 22.9. The molecular weight excluding hydrogens is 694 g/mol. The number of sulfonamides is 1. The molecule has 0 heterocycles. The average Bonchev–Trinajstić information content (AvgIpc) is 3.08. The minimum atomic E-state index is -4.32. The second-order valence-corrected chi connectivity index (χ2v) is 14.6. The van der Waals surface area contributed by atoms with Gasteiger partial charge in [-0.1, -0.05) is 89.9 Å². The van der Waals surface area contributed by atoms with Gasteiger partial charge >= 0.3 is 0 Å². The highest BCUT2D eigenvalue weighted by atomic mass is 79.9. The van der Waals surface area contributed by atoms with E-state index in [2.05, 4.69) is 21.2 Å². The highest BCUT2D eigenvalue weighted by Crippen LogP contribution is 2.32. The summed E-state index contributed by atoms with van der Waals surface area (Å²) in [7, 11) is -1.43. The predicted molar refractivity (Wildman–Crippen MR) is 192 cm³/mol. The molecule has 0 aliphatic rings. The van der Waals surface area contributed by atoms with Gasteiger partial charge in [0.2, 0.25) is 11.8 Å². The zero-order chi connectivity index (χ0) is 34.8. The summed E-state index contributed by atoms with van der Waals surface area (Å²) in [5.41, 5.74) is 2.87. The molecule has 11 heteroatoms. The van der Waals surface area contributed by atoms with Crippen LogP contribution in [-0.4, -0.2) is 58.5 Å². The number of anilines is 1. The first-order valence-corrected chi connectivity index (χ1v) is 17.8. The first-order valence-electron chi connectivity index (χ1n) is 15.6. The van der Waals surface area contributed by atoms with E-state index in [0.717, 1.165) is 25.5 Å². The van der Waals surface area contributed by atoms with E-state index in [1.165, 1.54) is 37.3 Å². The predicted octanol–water partition coefficient (Wildman–Crippen LogP) is 6.38. The molecule has 0 aromatic heterocycles. The van der Waals surface area contributed by atoms with Crippen LogP contribution >= 0.6 is 15.9 Å². The zero-order valence-electron chi connectivity index (χ0n) is 27.9. The van der Waals surface area contributed by atoms with Crippen LogP contribution in [-0.2, 0) is 32.6 Å². The number of carbonyl (C=O) groups is 2. The van der Waals surface area contributed by atoms with Crippen LogP contribution in [0.4, 0.5) is 5.69 Å². The van der Waals surface area contributed by atoms with E-state index >= 15 is 0 Å². The van der Waals surface area contributed by atoms with E-state index in [4.69, 9.17) is 9.47 Å². The van der Waals surface area contributed by atoms with Crippen molar-refractivity contribution in [2.45, 2.75) is 44.7 Å². The lowest BCUT2D eigenvalue weighted by atomic mass is 10.0. The maximum atomic E-state index is 14.6. The Morgan fingerprint density at radius 2 is 1.50 bits per heavy atom. The quantitative estimate of drug-likeness (QED) is 0.152. The van der Waals surface area contributed by atoms with Crippen LogP contribution in [0.3, 0.4) is 0 Å². The number of methoxy groups -OCH3 is 2. The van der Waals surface area contributed by atoms with Crippen molar-refractivity contribution in [3.8, 4) is 11.5 Å². The fraction of sp³-hybridized carbons (Fsp3) is 0.297. The number of halogens is 1. The summed E-state index contributed by atoms with van der Waals surface area (Å²) < 4.78 is 41.4. The van der Waals surface area contributed by atoms with Gasteiger partial charge in [-0.05, 0) is 60.4 Å². The Labute approximate surface area is 292 Å². The van der Waals surface area contributed by atoms with Crippen molar-refractivity contribution in [2.75, 3.05) is 31.6 Å². The number of carbonyl (C=O) groups excluding carboxylic acids is 2. The van der Waals surface area contributed by atoms with Gasteiger partial charge in [-0.15, -0.1) is 0 Å². The second-order valence-electron chi connectivity index (χ2n) is 11.9. The van der Waals surface area contributed by atoms with E-state index in [1.807, 2.05) is 75.4 Å². The van der Waals surface area contributed by atoms with E-state index in [9.17, 15) is 18.0 Å². The smallest absolute Gasteiger partial charge is 0.264 e. The largest absolute Gasteiger partial charge is 0.493 e. The zero-order valence-corrected chi connectivity index (χ0v) is 30.3. The lowest BCUT2D eigenvalue weighted by molar-refractivity contribution is -0.140. The molecule has 1 N–H and O–H groups in total. The van der Waals surface area contributed by atoms with Crippen molar-refractivity contribution in [3.05, 3.63) is 118 Å². The van der Waals surface area contributed by atoms with Crippen LogP contribution in [0.5, 0.6) is 11.5 Å². The van der Waals surface area contributed by atoms with E-state index in [-0.39, 0.29) is 35.4 Å². The Hall–Kier alpha value is -4.35. The van der Waals surface area contributed by atoms with Crippen LogP contribution in [0.1, 0.15) is 30.5 Å². The molecular formula is C37H42BrN3O6S. The van der Waals surface area contributed by atoms with Gasteiger partial charge in [0.15, 0.2) is 11.5 Å². The molecule has 0 spiro atoms. The van der Waals surface area contributed by atoms with Gasteiger partial charge in [-0.2, -0.15) is 0 Å². The fourth-order valence-corrected chi connectivity index (χ4v) is 7.03. The van der Waals surface area contributed by atoms with Crippen molar-refractivity contribution in [1.82, 2.24) is 10.2 Å². The summed E-state index contributed by atoms with van der Waals surface area (Å²) in [5.74, 6) is -0.0782. The number of hydrogen-bond acceptors (Lipinski definition) is 6. The Morgan fingerprint density at radius 1 is 0.833 bits per heavy atom. The van der Waals surface area contributed by atoms with E-state index in [0.29, 0.717) is 18.0 Å². The molecule has 9 nitrogen and oxygen atoms in total. The number of ether oxygens (including phenoxy) is 2. The Morgan fingerprint density at radius 3 is 2.12 bits per heavy atom. The van der Waals surface area contributed by atoms with Crippen LogP contribution in [0.15, 0.2) is 106 Å². The summed E-state index contributed by atoms with van der Waals surface area (Å²) in [4.78, 5) is 30.0. The number of amides is 2. The van der Waals surface area contributed by atoms with Crippen LogP contribution in [0.25, 0.3) is 0 Å². The molecule has 0 saturated heterocycles. The summed E-state index contributed by atoms with van der Waals surface area (Å²) in [6.07, 6.45) is 0.234. The molecule has 0 bridgehead atoms. The topological polar surface area (TPSA) is 105 Å². The average molecular weight is 737 g/mol. The van der Waals surface area contributed by atoms with E-state index < -0.39 is 28.5 Å². The molecule has 1 atom stereocenters. The molecule has 0 unspecified atom stereocenters. The lowest BCUT2D eigenvalue weighted by Crippen LogP contribution is -2.53. The molecule has 0 aliphatic heterocycles. The molecule has 48 heavy (non-hydrogen) atoms. The van der Waals surface area contributed by atoms with Crippen molar-refractivity contribution < 1.29 is 27.5 Å². The van der Waals surface area contributed by atoms with Gasteiger partial charge in [0.25, 0.3) is 10.0 Å². The number of aryl methyl sites for hydroxylation is 1. The third kappa shape index (κ3) is 9.38. The van der Waals surface area contributed by atoms with Gasteiger partial charge in [0.1, 0.15) is 12.6 Å². The Bertz CT molecular complexity index is 1800. The normalized spacial score (nSPS) is 11.9. The SMILES string of the molecule is COc1ccc(S(=O)(=O)N(CC(=O)N(Cc2cccc(Br)c2)[C@H](Cc2ccccc2)C(=O)NCC(C)C)c2ccc(C)cc2)cc1OC. The molecule has 0 aliphatic carbocycles. The van der Waals surface area contributed by atoms with Crippen molar-refractivity contribution in [3.63, 3.8) is 0 Å². The summed E-state index contributed by atoms with van der Waals surface area (Å²) in [6, 6.07) is 27.2. The molecule has 0 fully saturated rings. The summed E-state index contributed by atoms with van der Waals surface area (Å²) >= 11 is 3.51. The van der Waals surface area contributed by atoms with Crippen molar-refractivity contribution in [2.24, 2.45) is 5.92 Å². The molecule has 254 valence electrons. The van der Waals surface area contributed by atoms with Crippen LogP contribution in [0, 0.1) is 12.8 Å². The number of rotatable bonds is 15. The maximum Gasteiger partial charge on any atom is 0.264 e. The minimum Gasteiger partial charge on any atom is -0.493 e. The Balaban J connectivity index is 1.82. The number of hydrogen-bond donors (Lipinski definition) is 1. The van der Waals surface area contributed by atoms with Crippen molar-refractivity contribution in [1.29, 1.82) is 0 Å². The monoisotopic (exact) mass is 735 g/mol. The fourth-order valence-electron chi connectivity index (χ4n) is 5.15. The molecule has 2 amide bonds. The summed E-state index contributed by atoms with van der Waals surface area (Å²) in [6.45, 7) is 5.82. The highest BCUT2D eigenvalue weighted by molar-refractivity contribution is 9.10. The molecule has 4 aromatic carbocycles.